The highest BCUT2D eigenvalue weighted by Gasteiger charge is 2.32. The molecule has 0 aromatic heterocycles. The highest BCUT2D eigenvalue weighted by atomic mass is 19.4. The van der Waals surface area contributed by atoms with E-state index < -0.39 is 11.7 Å². The monoisotopic (exact) mass is 321 g/mol. The van der Waals surface area contributed by atoms with Crippen LogP contribution in [-0.2, 0) is 0 Å². The third-order valence-electron chi connectivity index (χ3n) is 2.95. The maximum atomic E-state index is 13.1. The highest BCUT2D eigenvalue weighted by Crippen LogP contribution is 2.29. The van der Waals surface area contributed by atoms with Gasteiger partial charge >= 0.3 is 6.18 Å². The smallest absolute Gasteiger partial charge is 0.387 e. The first-order valence-electron chi connectivity index (χ1n) is 6.95. The van der Waals surface area contributed by atoms with Gasteiger partial charge in [-0.05, 0) is 30.7 Å². The lowest BCUT2D eigenvalue weighted by Gasteiger charge is -2.16. The van der Waals surface area contributed by atoms with Gasteiger partial charge in [0.1, 0.15) is 0 Å². The Morgan fingerprint density at radius 2 is 2.09 bits per heavy atom. The first-order valence-corrected chi connectivity index (χ1v) is 6.95. The van der Waals surface area contributed by atoms with Crippen molar-refractivity contribution in [3.63, 3.8) is 0 Å². The number of allylic oxidation sites excluding steroid dienone is 3. The van der Waals surface area contributed by atoms with Gasteiger partial charge in [0.25, 0.3) is 0 Å². The van der Waals surface area contributed by atoms with Gasteiger partial charge in [-0.3, -0.25) is 0 Å². The average Bonchev–Trinajstić information content (AvgIpc) is 2.52. The third-order valence-corrected chi connectivity index (χ3v) is 2.95. The number of nitrogens with one attached hydrogen (secondary N) is 2. The molecule has 0 heterocycles. The predicted molar refractivity (Wildman–Crippen MR) is 85.5 cm³/mol. The van der Waals surface area contributed by atoms with Crippen LogP contribution >= 0.6 is 0 Å². The molecule has 0 amide bonds. The molecule has 2 N–H and O–H groups in total. The van der Waals surface area contributed by atoms with Crippen LogP contribution in [0.3, 0.4) is 0 Å². The van der Waals surface area contributed by atoms with Gasteiger partial charge < -0.3 is 10.6 Å². The molecule has 0 unspecified atom stereocenters. The van der Waals surface area contributed by atoms with Crippen LogP contribution in [0.4, 0.5) is 18.9 Å². The van der Waals surface area contributed by atoms with E-state index in [4.69, 9.17) is 5.26 Å². The van der Waals surface area contributed by atoms with Crippen molar-refractivity contribution < 1.29 is 13.2 Å². The van der Waals surface area contributed by atoms with Crippen LogP contribution in [0.2, 0.25) is 0 Å². The van der Waals surface area contributed by atoms with Gasteiger partial charge in [-0.1, -0.05) is 25.6 Å². The predicted octanol–water partition coefficient (Wildman–Crippen LogP) is 4.49. The first-order chi connectivity index (χ1) is 10.8. The molecule has 6 heteroatoms. The number of hydrogen-bond acceptors (Lipinski definition) is 3. The highest BCUT2D eigenvalue weighted by molar-refractivity contribution is 5.57. The number of alkyl halides is 3. The van der Waals surface area contributed by atoms with Crippen LogP contribution in [0.1, 0.15) is 18.9 Å². The molecular weight excluding hydrogens is 303 g/mol. The summed E-state index contributed by atoms with van der Waals surface area (Å²) < 4.78 is 39.2. The number of nitrogens with zero attached hydrogens (tertiary/aromatic N) is 1. The largest absolute Gasteiger partial charge is 0.416 e. The number of halogens is 3. The fourth-order valence-electron chi connectivity index (χ4n) is 1.79. The lowest BCUT2D eigenvalue weighted by Crippen LogP contribution is -2.16. The Morgan fingerprint density at radius 1 is 1.39 bits per heavy atom. The molecule has 0 aliphatic carbocycles. The van der Waals surface area contributed by atoms with Crippen molar-refractivity contribution in [2.24, 2.45) is 0 Å². The van der Waals surface area contributed by atoms with Gasteiger partial charge in [-0.15, -0.1) is 0 Å². The SMILES string of the molecule is C=C(NC)/C(=C/C(=C/CC)C(F)(F)F)Nc1cccc(C#N)c1. The van der Waals surface area contributed by atoms with E-state index in [-0.39, 0.29) is 12.1 Å². The molecule has 0 bridgehead atoms. The van der Waals surface area contributed by atoms with Crippen molar-refractivity contribution in [2.45, 2.75) is 19.5 Å². The van der Waals surface area contributed by atoms with Crippen molar-refractivity contribution in [3.05, 3.63) is 65.5 Å². The number of likely N-dealkylation sites (N-methyl/N-ethyl adjacent to an activating group) is 1. The molecular formula is C17H18F3N3. The zero-order valence-corrected chi connectivity index (χ0v) is 13.0. The minimum absolute atomic E-state index is 0.180. The summed E-state index contributed by atoms with van der Waals surface area (Å²) in [5.41, 5.74) is 0.642. The molecule has 23 heavy (non-hydrogen) atoms. The minimum atomic E-state index is -4.45. The van der Waals surface area contributed by atoms with Gasteiger partial charge in [0.15, 0.2) is 0 Å². The van der Waals surface area contributed by atoms with Crippen LogP contribution in [0.5, 0.6) is 0 Å². The van der Waals surface area contributed by atoms with E-state index in [9.17, 15) is 13.2 Å². The summed E-state index contributed by atoms with van der Waals surface area (Å²) in [6, 6.07) is 8.45. The molecule has 1 aromatic rings. The van der Waals surface area contributed by atoms with Crippen LogP contribution in [0, 0.1) is 11.3 Å². The molecule has 1 rings (SSSR count). The first kappa shape index (κ1) is 18.4. The van der Waals surface area contributed by atoms with Crippen LogP contribution in [0.25, 0.3) is 0 Å². The second kappa shape index (κ2) is 8.08. The van der Waals surface area contributed by atoms with Crippen LogP contribution in [0.15, 0.2) is 60.0 Å². The van der Waals surface area contributed by atoms with Crippen molar-refractivity contribution in [2.75, 3.05) is 12.4 Å². The summed E-state index contributed by atoms with van der Waals surface area (Å²) in [6.45, 7) is 5.34. The van der Waals surface area contributed by atoms with E-state index in [2.05, 4.69) is 17.2 Å². The number of hydrogen-bond donors (Lipinski definition) is 2. The molecule has 0 fully saturated rings. The topological polar surface area (TPSA) is 47.8 Å². The summed E-state index contributed by atoms with van der Waals surface area (Å²) in [4.78, 5) is 0. The van der Waals surface area contributed by atoms with Gasteiger partial charge in [0, 0.05) is 12.7 Å². The van der Waals surface area contributed by atoms with Crippen molar-refractivity contribution in [1.29, 1.82) is 5.26 Å². The van der Waals surface area contributed by atoms with Crippen LogP contribution < -0.4 is 10.6 Å². The molecule has 0 saturated heterocycles. The second-order valence-electron chi connectivity index (χ2n) is 4.67. The number of rotatable bonds is 6. The Balaban J connectivity index is 3.24. The maximum absolute atomic E-state index is 13.1. The summed E-state index contributed by atoms with van der Waals surface area (Å²) in [7, 11) is 1.57. The lowest BCUT2D eigenvalue weighted by molar-refractivity contribution is -0.0884. The van der Waals surface area contributed by atoms with Crippen molar-refractivity contribution >= 4 is 5.69 Å². The number of benzene rings is 1. The molecule has 1 aromatic carbocycles. The Kier molecular flexibility index (Phi) is 6.46. The molecule has 122 valence electrons. The zero-order valence-electron chi connectivity index (χ0n) is 13.0. The Labute approximate surface area is 133 Å². The fraction of sp³-hybridized carbons (Fsp3) is 0.235. The third kappa shape index (κ3) is 5.55. The van der Waals surface area contributed by atoms with Crippen molar-refractivity contribution in [1.82, 2.24) is 5.32 Å². The molecule has 0 radical (unpaired) electrons. The summed E-state index contributed by atoms with van der Waals surface area (Å²) in [6.07, 6.45) is -2.09. The van der Waals surface area contributed by atoms with E-state index in [1.807, 2.05) is 6.07 Å². The number of nitriles is 1. The van der Waals surface area contributed by atoms with E-state index in [1.165, 1.54) is 0 Å². The van der Waals surface area contributed by atoms with Gasteiger partial charge in [0.05, 0.1) is 28.6 Å². The molecule has 0 spiro atoms. The molecule has 0 atom stereocenters. The van der Waals surface area contributed by atoms with Crippen LogP contribution in [-0.4, -0.2) is 13.2 Å². The zero-order chi connectivity index (χ0) is 17.5. The second-order valence-corrected chi connectivity index (χ2v) is 4.67. The Morgan fingerprint density at radius 3 is 2.61 bits per heavy atom. The van der Waals surface area contributed by atoms with Gasteiger partial charge in [-0.2, -0.15) is 18.4 Å². The summed E-state index contributed by atoms with van der Waals surface area (Å²) >= 11 is 0. The van der Waals surface area contributed by atoms with Gasteiger partial charge in [0.2, 0.25) is 0 Å². The number of anilines is 1. The quantitative estimate of drug-likeness (QED) is 0.759. The summed E-state index contributed by atoms with van der Waals surface area (Å²) in [5.74, 6) is 0. The summed E-state index contributed by atoms with van der Waals surface area (Å²) in [5, 5.41) is 14.5. The van der Waals surface area contributed by atoms with Gasteiger partial charge in [-0.25, -0.2) is 0 Å². The Hall–Kier alpha value is -2.68. The molecule has 0 aliphatic heterocycles. The molecule has 0 saturated carbocycles. The van der Waals surface area contributed by atoms with E-state index in [1.54, 1.807) is 38.2 Å². The Bertz CT molecular complexity index is 664. The van der Waals surface area contributed by atoms with E-state index >= 15 is 0 Å². The van der Waals surface area contributed by atoms with E-state index in [0.717, 1.165) is 12.2 Å². The maximum Gasteiger partial charge on any atom is 0.416 e. The average molecular weight is 321 g/mol. The molecule has 3 nitrogen and oxygen atoms in total. The van der Waals surface area contributed by atoms with Crippen molar-refractivity contribution in [3.8, 4) is 6.07 Å². The molecule has 0 aliphatic rings. The van der Waals surface area contributed by atoms with E-state index in [0.29, 0.717) is 16.9 Å². The minimum Gasteiger partial charge on any atom is -0.387 e. The normalized spacial score (nSPS) is 12.5. The fourth-order valence-corrected chi connectivity index (χ4v) is 1.79. The lowest BCUT2D eigenvalue weighted by atomic mass is 10.1. The standard InChI is InChI=1S/C17H18F3N3/c1-4-6-14(17(18,19)20)10-16(12(2)22-3)23-15-8-5-7-13(9-15)11-21/h5-10,22-23H,2,4H2,1,3H3/b14-6-,16-10-.